The molecule has 0 unspecified atom stereocenters. The lowest BCUT2D eigenvalue weighted by atomic mass is 9.84. The number of methoxy groups -OCH3 is 1. The van der Waals surface area contributed by atoms with Gasteiger partial charge in [-0.3, -0.25) is 0 Å². The van der Waals surface area contributed by atoms with Gasteiger partial charge in [-0.1, -0.05) is 153 Å². The summed E-state index contributed by atoms with van der Waals surface area (Å²) in [6, 6.07) is 42.5. The predicted molar refractivity (Wildman–Crippen MR) is 248 cm³/mol. The fourth-order valence-corrected chi connectivity index (χ4v) is 8.16. The molecule has 5 aromatic carbocycles. The first kappa shape index (κ1) is 40.5. The Morgan fingerprint density at radius 3 is 1.45 bits per heavy atom. The van der Waals surface area contributed by atoms with E-state index in [1.165, 1.54) is 38.9 Å². The molecule has 0 spiro atoms. The third kappa shape index (κ3) is 8.18. The van der Waals surface area contributed by atoms with E-state index in [4.69, 9.17) is 9.73 Å². The van der Waals surface area contributed by atoms with Gasteiger partial charge in [-0.05, 0) is 123 Å². The first-order valence-corrected chi connectivity index (χ1v) is 20.7. The molecule has 3 heteroatoms. The Labute approximate surface area is 347 Å². The zero-order valence-corrected chi connectivity index (χ0v) is 36.9. The van der Waals surface area contributed by atoms with Crippen LogP contribution in [0.15, 0.2) is 132 Å². The maximum absolute atomic E-state index is 5.65. The van der Waals surface area contributed by atoms with E-state index in [9.17, 15) is 0 Å². The van der Waals surface area contributed by atoms with Crippen molar-refractivity contribution < 1.29 is 4.74 Å². The highest BCUT2D eigenvalue weighted by Gasteiger charge is 2.29. The van der Waals surface area contributed by atoms with Crippen LogP contribution in [0.4, 0.5) is 0 Å². The average Bonchev–Trinajstić information content (AvgIpc) is 3.81. The third-order valence-corrected chi connectivity index (χ3v) is 11.6. The summed E-state index contributed by atoms with van der Waals surface area (Å²) in [7, 11) is 1.71. The minimum Gasteiger partial charge on any atom is -0.497 e. The lowest BCUT2D eigenvalue weighted by Crippen LogP contribution is -2.10. The number of rotatable bonds is 7. The molecule has 1 aliphatic heterocycles. The Morgan fingerprint density at radius 1 is 0.534 bits per heavy atom. The van der Waals surface area contributed by atoms with Gasteiger partial charge in [0.2, 0.25) is 0 Å². The van der Waals surface area contributed by atoms with E-state index >= 15 is 0 Å². The van der Waals surface area contributed by atoms with E-state index < -0.39 is 0 Å². The molecule has 0 saturated carbocycles. The van der Waals surface area contributed by atoms with Gasteiger partial charge in [0.05, 0.1) is 24.2 Å². The normalized spacial score (nSPS) is 14.4. The molecule has 1 aromatic heterocycles. The molecule has 0 saturated heterocycles. The summed E-state index contributed by atoms with van der Waals surface area (Å²) >= 11 is 0. The topological polar surface area (TPSA) is 37.4 Å². The number of benzene rings is 5. The van der Waals surface area contributed by atoms with Gasteiger partial charge in [-0.15, -0.1) is 0 Å². The molecule has 0 bridgehead atoms. The first-order valence-electron chi connectivity index (χ1n) is 20.7. The quantitative estimate of drug-likeness (QED) is 0.173. The van der Waals surface area contributed by atoms with Crippen molar-refractivity contribution in [1.82, 2.24) is 4.98 Å². The zero-order chi connectivity index (χ0) is 41.7. The molecule has 6 aromatic rings. The van der Waals surface area contributed by atoms with Crippen molar-refractivity contribution in [3.05, 3.63) is 183 Å². The van der Waals surface area contributed by atoms with Crippen LogP contribution in [0, 0.1) is 20.8 Å². The maximum atomic E-state index is 5.65. The predicted octanol–water partition coefficient (Wildman–Crippen LogP) is 14.5. The van der Waals surface area contributed by atoms with Crippen LogP contribution >= 0.6 is 0 Å². The highest BCUT2D eigenvalue weighted by molar-refractivity contribution is 6.20. The van der Waals surface area contributed by atoms with E-state index in [0.717, 1.165) is 67.5 Å². The number of aliphatic imine (C=N–C) groups is 1. The summed E-state index contributed by atoms with van der Waals surface area (Å²) in [5.74, 6) is 0.822. The van der Waals surface area contributed by atoms with E-state index in [1.54, 1.807) is 7.11 Å². The molecule has 0 radical (unpaired) electrons. The molecule has 1 N–H and O–H groups in total. The second-order valence-electron chi connectivity index (χ2n) is 19.2. The second-order valence-corrected chi connectivity index (χ2v) is 19.2. The molecule has 296 valence electrons. The van der Waals surface area contributed by atoms with Crippen molar-refractivity contribution in [2.75, 3.05) is 7.11 Å². The first-order chi connectivity index (χ1) is 27.3. The maximum Gasteiger partial charge on any atom is 0.118 e. The minimum atomic E-state index is 0.0382. The number of nitrogens with one attached hydrogen (secondary N) is 1. The van der Waals surface area contributed by atoms with Crippen LogP contribution in [-0.2, 0) is 16.2 Å². The van der Waals surface area contributed by atoms with Gasteiger partial charge < -0.3 is 9.72 Å². The lowest BCUT2D eigenvalue weighted by molar-refractivity contribution is 0.415. The molecule has 3 nitrogen and oxygen atoms in total. The van der Waals surface area contributed by atoms with Gasteiger partial charge in [0.15, 0.2) is 0 Å². The van der Waals surface area contributed by atoms with Gasteiger partial charge >= 0.3 is 0 Å². The van der Waals surface area contributed by atoms with Crippen molar-refractivity contribution in [3.63, 3.8) is 0 Å². The molecular formula is C55H60N2O. The zero-order valence-electron chi connectivity index (χ0n) is 36.9. The number of aryl methyl sites for hydroxylation is 3. The Balaban J connectivity index is 1.57. The number of hydrogen-bond acceptors (Lipinski definition) is 2. The van der Waals surface area contributed by atoms with E-state index in [-0.39, 0.29) is 16.2 Å². The Kier molecular flexibility index (Phi) is 10.7. The molecule has 0 atom stereocenters. The summed E-state index contributed by atoms with van der Waals surface area (Å²) in [5, 5.41) is 0. The Hall–Kier alpha value is -5.67. The van der Waals surface area contributed by atoms with Crippen molar-refractivity contribution in [2.45, 2.75) is 99.3 Å². The summed E-state index contributed by atoms with van der Waals surface area (Å²) in [4.78, 5) is 9.69. The van der Waals surface area contributed by atoms with Gasteiger partial charge in [-0.25, -0.2) is 4.99 Å². The van der Waals surface area contributed by atoms with E-state index in [2.05, 4.69) is 197 Å². The average molecular weight is 765 g/mol. The summed E-state index contributed by atoms with van der Waals surface area (Å²) in [5.41, 5.74) is 20.8. The van der Waals surface area contributed by atoms with Crippen LogP contribution in [0.3, 0.4) is 0 Å². The summed E-state index contributed by atoms with van der Waals surface area (Å²) in [6.07, 6.45) is 2.27. The van der Waals surface area contributed by atoms with Crippen LogP contribution < -0.4 is 4.74 Å². The van der Waals surface area contributed by atoms with Gasteiger partial charge in [-0.2, -0.15) is 0 Å². The van der Waals surface area contributed by atoms with Gasteiger partial charge in [0, 0.05) is 28.0 Å². The van der Waals surface area contributed by atoms with Gasteiger partial charge in [0.25, 0.3) is 0 Å². The number of hydrogen-bond donors (Lipinski definition) is 1. The molecule has 0 amide bonds. The van der Waals surface area contributed by atoms with Crippen molar-refractivity contribution in [2.24, 2.45) is 4.99 Å². The molecule has 58 heavy (non-hydrogen) atoms. The molecule has 0 aliphatic carbocycles. The summed E-state index contributed by atoms with van der Waals surface area (Å²) < 4.78 is 5.55. The molecule has 2 heterocycles. The van der Waals surface area contributed by atoms with Crippen LogP contribution in [0.25, 0.3) is 33.5 Å². The van der Waals surface area contributed by atoms with Gasteiger partial charge in [0.1, 0.15) is 5.75 Å². The highest BCUT2D eigenvalue weighted by Crippen LogP contribution is 2.46. The fourth-order valence-electron chi connectivity index (χ4n) is 8.16. The highest BCUT2D eigenvalue weighted by atomic mass is 16.5. The Bertz CT molecular complexity index is 2530. The number of allylic oxidation sites excluding steroid dienone is 2. The standard InChI is InChI=1S/C55H60N2O/c1-34-30-35(2)49(36(3)31-34)50(52-46(38-16-24-42(25-17-38)54(7,8)9)33-48(57-52)40-20-28-44(58-13)29-21-40)51-45(37-14-22-41(23-15-37)53(4,5)6)32-47(56-51)39-18-26-43(27-19-39)55(10,11)12/h14-33,56H,1-13H3/b52-50-. The van der Waals surface area contributed by atoms with Crippen molar-refractivity contribution in [1.29, 1.82) is 0 Å². The second kappa shape index (κ2) is 15.3. The Morgan fingerprint density at radius 2 is 0.983 bits per heavy atom. The van der Waals surface area contributed by atoms with Crippen LogP contribution in [-0.4, -0.2) is 17.8 Å². The smallest absolute Gasteiger partial charge is 0.118 e. The summed E-state index contributed by atoms with van der Waals surface area (Å²) in [6.45, 7) is 27.1. The molecule has 7 rings (SSSR count). The lowest BCUT2D eigenvalue weighted by Gasteiger charge is -2.21. The molecule has 1 aliphatic rings. The van der Waals surface area contributed by atoms with Crippen LogP contribution in [0.5, 0.6) is 5.75 Å². The number of H-pyrrole nitrogens is 1. The van der Waals surface area contributed by atoms with Crippen molar-refractivity contribution >= 4 is 16.9 Å². The number of nitrogens with zero attached hydrogens (tertiary/aromatic N) is 1. The SMILES string of the molecule is COc1ccc(C2=N/C(=C(\c3[nH]c(-c4ccc(C(C)(C)C)cc4)cc3-c3ccc(C(C)(C)C)cc3)c3c(C)cc(C)cc3C)C(c3ccc(C(C)(C)C)cc3)=C2)cc1. The van der Waals surface area contributed by atoms with E-state index in [0.29, 0.717) is 0 Å². The van der Waals surface area contributed by atoms with Crippen molar-refractivity contribution in [3.8, 4) is 28.1 Å². The third-order valence-electron chi connectivity index (χ3n) is 11.6. The number of ether oxygens (including phenoxy) is 1. The minimum absolute atomic E-state index is 0.0382. The monoisotopic (exact) mass is 764 g/mol. The molecular weight excluding hydrogens is 705 g/mol. The number of aromatic nitrogens is 1. The van der Waals surface area contributed by atoms with Crippen LogP contribution in [0.2, 0.25) is 0 Å². The van der Waals surface area contributed by atoms with E-state index in [1.807, 2.05) is 12.1 Å². The largest absolute Gasteiger partial charge is 0.497 e. The number of aromatic amines is 1. The molecule has 0 fully saturated rings. The fraction of sp³-hybridized carbons (Fsp3) is 0.291. The van der Waals surface area contributed by atoms with Crippen LogP contribution in [0.1, 0.15) is 118 Å².